The highest BCUT2D eigenvalue weighted by Gasteiger charge is 2.20. The quantitative estimate of drug-likeness (QED) is 0.607. The molecule has 0 aliphatic heterocycles. The third kappa shape index (κ3) is 2.12. The van der Waals surface area contributed by atoms with Gasteiger partial charge >= 0.3 is 5.97 Å². The van der Waals surface area contributed by atoms with Gasteiger partial charge in [0.15, 0.2) is 0 Å². The van der Waals surface area contributed by atoms with Crippen LogP contribution in [0.15, 0.2) is 12.1 Å². The monoisotopic (exact) mass is 212 g/mol. The lowest BCUT2D eigenvalue weighted by molar-refractivity contribution is -0.131. The zero-order valence-corrected chi connectivity index (χ0v) is 8.20. The fourth-order valence-corrected chi connectivity index (χ4v) is 1.12. The van der Waals surface area contributed by atoms with Crippen molar-refractivity contribution in [3.63, 3.8) is 0 Å². The number of benzene rings is 1. The van der Waals surface area contributed by atoms with E-state index in [9.17, 15) is 14.0 Å². The summed E-state index contributed by atoms with van der Waals surface area (Å²) < 4.78 is 17.9. The lowest BCUT2D eigenvalue weighted by Crippen LogP contribution is -2.14. The van der Waals surface area contributed by atoms with Gasteiger partial charge in [0.1, 0.15) is 11.6 Å². The van der Waals surface area contributed by atoms with Crippen molar-refractivity contribution in [2.75, 3.05) is 7.11 Å². The van der Waals surface area contributed by atoms with Crippen molar-refractivity contribution in [3.05, 3.63) is 29.1 Å². The van der Waals surface area contributed by atoms with Crippen LogP contribution in [-0.4, -0.2) is 24.0 Å². The SMILES string of the molecule is COc1cc(C)c(F)cc1C(=O)C(=O)O. The van der Waals surface area contributed by atoms with Crippen molar-refractivity contribution in [1.29, 1.82) is 0 Å². The molecule has 0 heterocycles. The average molecular weight is 212 g/mol. The van der Waals surface area contributed by atoms with E-state index in [1.807, 2.05) is 0 Å². The van der Waals surface area contributed by atoms with Gasteiger partial charge < -0.3 is 9.84 Å². The minimum absolute atomic E-state index is 0.0568. The molecule has 0 saturated heterocycles. The molecule has 4 nitrogen and oxygen atoms in total. The molecule has 0 aliphatic rings. The fraction of sp³-hybridized carbons (Fsp3) is 0.200. The number of aliphatic carboxylic acids is 1. The number of carboxylic acids is 1. The van der Waals surface area contributed by atoms with Gasteiger partial charge in [-0.15, -0.1) is 0 Å². The summed E-state index contributed by atoms with van der Waals surface area (Å²) in [6, 6.07) is 2.15. The van der Waals surface area contributed by atoms with Gasteiger partial charge in [0, 0.05) is 0 Å². The van der Waals surface area contributed by atoms with E-state index in [1.54, 1.807) is 0 Å². The molecule has 1 N–H and O–H groups in total. The second-order valence-corrected chi connectivity index (χ2v) is 2.94. The van der Waals surface area contributed by atoms with Gasteiger partial charge in [-0.1, -0.05) is 0 Å². The van der Waals surface area contributed by atoms with Crippen LogP contribution in [0.25, 0.3) is 0 Å². The van der Waals surface area contributed by atoms with Crippen molar-refractivity contribution in [2.24, 2.45) is 0 Å². The van der Waals surface area contributed by atoms with E-state index in [0.29, 0.717) is 0 Å². The summed E-state index contributed by atoms with van der Waals surface area (Å²) in [7, 11) is 1.28. The molecule has 1 aromatic carbocycles. The highest BCUT2D eigenvalue weighted by atomic mass is 19.1. The van der Waals surface area contributed by atoms with Crippen LogP contribution in [0.3, 0.4) is 0 Å². The Morgan fingerprint density at radius 3 is 2.47 bits per heavy atom. The molecule has 80 valence electrons. The summed E-state index contributed by atoms with van der Waals surface area (Å²) in [6.07, 6.45) is 0. The Balaban J connectivity index is 3.34. The van der Waals surface area contributed by atoms with E-state index < -0.39 is 17.6 Å². The number of hydrogen-bond donors (Lipinski definition) is 1. The zero-order valence-electron chi connectivity index (χ0n) is 8.20. The van der Waals surface area contributed by atoms with Gasteiger partial charge in [-0.3, -0.25) is 4.79 Å². The number of carbonyl (C=O) groups is 2. The van der Waals surface area contributed by atoms with Gasteiger partial charge in [0.05, 0.1) is 12.7 Å². The van der Waals surface area contributed by atoms with E-state index >= 15 is 0 Å². The predicted octanol–water partition coefficient (Wildman–Crippen LogP) is 1.41. The highest BCUT2D eigenvalue weighted by molar-refractivity contribution is 6.40. The highest BCUT2D eigenvalue weighted by Crippen LogP contribution is 2.22. The second-order valence-electron chi connectivity index (χ2n) is 2.94. The Labute approximate surface area is 85.3 Å². The molecule has 5 heteroatoms. The number of Topliss-reactive ketones (excluding diaryl/α,β-unsaturated/α-hetero) is 1. The molecular weight excluding hydrogens is 203 g/mol. The summed E-state index contributed by atoms with van der Waals surface area (Å²) in [6.45, 7) is 1.49. The first-order chi connectivity index (χ1) is 6.97. The molecule has 0 unspecified atom stereocenters. The van der Waals surface area contributed by atoms with Crippen LogP contribution >= 0.6 is 0 Å². The number of ether oxygens (including phenoxy) is 1. The van der Waals surface area contributed by atoms with E-state index in [4.69, 9.17) is 9.84 Å². The Morgan fingerprint density at radius 2 is 2.00 bits per heavy atom. The van der Waals surface area contributed by atoms with Crippen molar-refractivity contribution >= 4 is 11.8 Å². The summed E-state index contributed by atoms with van der Waals surface area (Å²) in [5.41, 5.74) is 0.00175. The van der Waals surface area contributed by atoms with E-state index in [1.165, 1.54) is 20.1 Å². The molecule has 1 aromatic rings. The molecule has 0 saturated carbocycles. The topological polar surface area (TPSA) is 63.6 Å². The third-order valence-electron chi connectivity index (χ3n) is 1.92. The number of carbonyl (C=O) groups excluding carboxylic acids is 1. The van der Waals surface area contributed by atoms with E-state index in [0.717, 1.165) is 6.07 Å². The minimum atomic E-state index is -1.64. The van der Waals surface area contributed by atoms with Gasteiger partial charge in [0.2, 0.25) is 0 Å². The van der Waals surface area contributed by atoms with Gasteiger partial charge in [-0.2, -0.15) is 0 Å². The first kappa shape index (κ1) is 11.2. The smallest absolute Gasteiger partial charge is 0.377 e. The Morgan fingerprint density at radius 1 is 1.40 bits per heavy atom. The van der Waals surface area contributed by atoms with Crippen LogP contribution in [0.5, 0.6) is 5.75 Å². The van der Waals surface area contributed by atoms with Crippen LogP contribution in [-0.2, 0) is 4.79 Å². The maximum absolute atomic E-state index is 13.1. The number of rotatable bonds is 3. The maximum Gasteiger partial charge on any atom is 0.377 e. The van der Waals surface area contributed by atoms with Crippen LogP contribution in [0.2, 0.25) is 0 Å². The molecule has 15 heavy (non-hydrogen) atoms. The molecule has 0 fully saturated rings. The molecule has 1 rings (SSSR count). The molecule has 0 aromatic heterocycles. The fourth-order valence-electron chi connectivity index (χ4n) is 1.12. The first-order valence-electron chi connectivity index (χ1n) is 4.09. The molecule has 0 bridgehead atoms. The van der Waals surface area contributed by atoms with Crippen LogP contribution < -0.4 is 4.74 Å². The third-order valence-corrected chi connectivity index (χ3v) is 1.92. The van der Waals surface area contributed by atoms with Crippen molar-refractivity contribution in [2.45, 2.75) is 6.92 Å². The number of ketones is 1. The molecule has 0 atom stereocenters. The lowest BCUT2D eigenvalue weighted by Gasteiger charge is -2.07. The number of carboxylic acid groups (broad SMARTS) is 1. The molecule has 0 amide bonds. The summed E-state index contributed by atoms with van der Waals surface area (Å²) in [5, 5.41) is 8.49. The van der Waals surface area contributed by atoms with Gasteiger partial charge in [0.25, 0.3) is 5.78 Å². The standard InChI is InChI=1S/C10H9FO4/c1-5-3-8(15-2)6(4-7(5)11)9(12)10(13)14/h3-4H,1-2H3,(H,13,14). The van der Waals surface area contributed by atoms with Crippen LogP contribution in [0.1, 0.15) is 15.9 Å². The average Bonchev–Trinajstić information content (AvgIpc) is 2.20. The molecule has 0 aliphatic carbocycles. The Hall–Kier alpha value is -1.91. The van der Waals surface area contributed by atoms with Crippen molar-refractivity contribution < 1.29 is 23.8 Å². The summed E-state index contributed by atoms with van der Waals surface area (Å²) in [5.74, 6) is -3.41. The molecular formula is C10H9FO4. The lowest BCUT2D eigenvalue weighted by atomic mass is 10.1. The number of methoxy groups -OCH3 is 1. The maximum atomic E-state index is 13.1. The largest absolute Gasteiger partial charge is 0.496 e. The van der Waals surface area contributed by atoms with Crippen LogP contribution in [0.4, 0.5) is 4.39 Å². The Kier molecular flexibility index (Phi) is 3.04. The Bertz CT molecular complexity index is 426. The summed E-state index contributed by atoms with van der Waals surface area (Å²) in [4.78, 5) is 21.6. The van der Waals surface area contributed by atoms with Gasteiger partial charge in [-0.05, 0) is 24.6 Å². The summed E-state index contributed by atoms with van der Waals surface area (Å²) >= 11 is 0. The van der Waals surface area contributed by atoms with Gasteiger partial charge in [-0.25, -0.2) is 9.18 Å². The minimum Gasteiger partial charge on any atom is -0.496 e. The normalized spacial score (nSPS) is 9.80. The van der Waals surface area contributed by atoms with E-state index in [2.05, 4.69) is 0 Å². The van der Waals surface area contributed by atoms with Crippen molar-refractivity contribution in [1.82, 2.24) is 0 Å². The zero-order chi connectivity index (χ0) is 11.6. The number of aryl methyl sites for hydroxylation is 1. The number of hydrogen-bond acceptors (Lipinski definition) is 3. The predicted molar refractivity (Wildman–Crippen MR) is 49.7 cm³/mol. The van der Waals surface area contributed by atoms with E-state index in [-0.39, 0.29) is 16.9 Å². The first-order valence-corrected chi connectivity index (χ1v) is 4.09. The second kappa shape index (κ2) is 4.08. The molecule has 0 spiro atoms. The molecule has 0 radical (unpaired) electrons. The number of halogens is 1. The van der Waals surface area contributed by atoms with Crippen LogP contribution in [0, 0.1) is 12.7 Å². The van der Waals surface area contributed by atoms with Crippen molar-refractivity contribution in [3.8, 4) is 5.75 Å².